The third-order valence-corrected chi connectivity index (χ3v) is 3.77. The fourth-order valence-electron chi connectivity index (χ4n) is 2.47. The molecule has 2 N–H and O–H groups in total. The van der Waals surface area contributed by atoms with Gasteiger partial charge < -0.3 is 5.32 Å². The summed E-state index contributed by atoms with van der Waals surface area (Å²) >= 11 is 5.96. The summed E-state index contributed by atoms with van der Waals surface area (Å²) in [5, 5.41) is 7.01. The molecule has 1 rings (SSSR count). The molecule has 2 atom stereocenters. The molecule has 0 aliphatic carbocycles. The predicted molar refractivity (Wildman–Crippen MR) is 89.5 cm³/mol. The second-order valence-electron chi connectivity index (χ2n) is 5.86. The van der Waals surface area contributed by atoms with Gasteiger partial charge in [0.2, 0.25) is 5.91 Å². The van der Waals surface area contributed by atoms with Crippen molar-refractivity contribution in [1.29, 1.82) is 0 Å². The Morgan fingerprint density at radius 2 is 1.86 bits per heavy atom. The van der Waals surface area contributed by atoms with Gasteiger partial charge in [0.25, 0.3) is 0 Å². The van der Waals surface area contributed by atoms with Crippen molar-refractivity contribution in [3.05, 3.63) is 34.9 Å². The standard InChI is InChI=1S/C17H27ClN2O/c1-5-6-15(13-7-9-14(18)10-8-13)20-16(11-12(2)3)17(21)19-4/h7-10,12,15-16,20H,5-6,11H2,1-4H3,(H,19,21). The maximum Gasteiger partial charge on any atom is 0.236 e. The van der Waals surface area contributed by atoms with Gasteiger partial charge in [-0.25, -0.2) is 0 Å². The number of benzene rings is 1. The summed E-state index contributed by atoms with van der Waals surface area (Å²) in [6.07, 6.45) is 2.88. The molecule has 2 unspecified atom stereocenters. The summed E-state index contributed by atoms with van der Waals surface area (Å²) in [5.41, 5.74) is 1.18. The van der Waals surface area contributed by atoms with Crippen LogP contribution < -0.4 is 10.6 Å². The van der Waals surface area contributed by atoms with Gasteiger partial charge in [0.05, 0.1) is 6.04 Å². The van der Waals surface area contributed by atoms with E-state index >= 15 is 0 Å². The van der Waals surface area contributed by atoms with Gasteiger partial charge in [0, 0.05) is 18.1 Å². The lowest BCUT2D eigenvalue weighted by Gasteiger charge is -2.26. The fraction of sp³-hybridized carbons (Fsp3) is 0.588. The van der Waals surface area contributed by atoms with E-state index < -0.39 is 0 Å². The Hall–Kier alpha value is -1.06. The van der Waals surface area contributed by atoms with Gasteiger partial charge in [-0.3, -0.25) is 10.1 Å². The minimum Gasteiger partial charge on any atom is -0.358 e. The third kappa shape index (κ3) is 6.06. The number of rotatable bonds is 8. The van der Waals surface area contributed by atoms with E-state index in [1.807, 2.05) is 24.3 Å². The summed E-state index contributed by atoms with van der Waals surface area (Å²) in [5.74, 6) is 0.520. The molecule has 1 aromatic rings. The van der Waals surface area contributed by atoms with Crippen LogP contribution in [-0.4, -0.2) is 19.0 Å². The highest BCUT2D eigenvalue weighted by molar-refractivity contribution is 6.30. The van der Waals surface area contributed by atoms with E-state index in [-0.39, 0.29) is 18.0 Å². The second-order valence-corrected chi connectivity index (χ2v) is 6.29. The summed E-state index contributed by atoms with van der Waals surface area (Å²) in [6.45, 7) is 6.42. The zero-order chi connectivity index (χ0) is 15.8. The Morgan fingerprint density at radius 1 is 1.24 bits per heavy atom. The molecule has 0 aliphatic rings. The monoisotopic (exact) mass is 310 g/mol. The van der Waals surface area contributed by atoms with Gasteiger partial charge in [-0.15, -0.1) is 0 Å². The van der Waals surface area contributed by atoms with E-state index in [2.05, 4.69) is 31.4 Å². The lowest BCUT2D eigenvalue weighted by atomic mass is 9.97. The van der Waals surface area contributed by atoms with Gasteiger partial charge in [0.15, 0.2) is 0 Å². The van der Waals surface area contributed by atoms with Crippen molar-refractivity contribution in [2.45, 2.75) is 52.1 Å². The molecule has 0 fully saturated rings. The molecule has 0 aromatic heterocycles. The van der Waals surface area contributed by atoms with Crippen molar-refractivity contribution >= 4 is 17.5 Å². The SMILES string of the molecule is CCCC(NC(CC(C)C)C(=O)NC)c1ccc(Cl)cc1. The molecule has 4 heteroatoms. The van der Waals surface area contributed by atoms with E-state index in [0.29, 0.717) is 5.92 Å². The Kier molecular flexibility index (Phi) is 7.76. The molecule has 1 aromatic carbocycles. The van der Waals surface area contributed by atoms with Crippen LogP contribution in [0.3, 0.4) is 0 Å². The molecule has 21 heavy (non-hydrogen) atoms. The lowest BCUT2D eigenvalue weighted by Crippen LogP contribution is -2.45. The molecule has 0 saturated carbocycles. The highest BCUT2D eigenvalue weighted by atomic mass is 35.5. The van der Waals surface area contributed by atoms with Crippen molar-refractivity contribution in [3.8, 4) is 0 Å². The van der Waals surface area contributed by atoms with Crippen LogP contribution >= 0.6 is 11.6 Å². The van der Waals surface area contributed by atoms with Crippen LogP contribution in [0.5, 0.6) is 0 Å². The molecule has 0 heterocycles. The summed E-state index contributed by atoms with van der Waals surface area (Å²) in [4.78, 5) is 12.1. The van der Waals surface area contributed by atoms with Crippen molar-refractivity contribution in [1.82, 2.24) is 10.6 Å². The number of carbonyl (C=O) groups excluding carboxylic acids is 1. The minimum absolute atomic E-state index is 0.0544. The molecular formula is C17H27ClN2O. The van der Waals surface area contributed by atoms with Crippen molar-refractivity contribution in [2.24, 2.45) is 5.92 Å². The van der Waals surface area contributed by atoms with Crippen LogP contribution in [0, 0.1) is 5.92 Å². The molecule has 0 aliphatic heterocycles. The Labute approximate surface area is 133 Å². The zero-order valence-corrected chi connectivity index (χ0v) is 14.2. The molecule has 0 spiro atoms. The number of likely N-dealkylation sites (N-methyl/N-ethyl adjacent to an activating group) is 1. The first-order valence-corrected chi connectivity index (χ1v) is 8.08. The highest BCUT2D eigenvalue weighted by Gasteiger charge is 2.22. The van der Waals surface area contributed by atoms with E-state index in [1.54, 1.807) is 7.05 Å². The molecule has 3 nitrogen and oxygen atoms in total. The smallest absolute Gasteiger partial charge is 0.236 e. The topological polar surface area (TPSA) is 41.1 Å². The third-order valence-electron chi connectivity index (χ3n) is 3.52. The fourth-order valence-corrected chi connectivity index (χ4v) is 2.60. The first-order chi connectivity index (χ1) is 9.97. The minimum atomic E-state index is -0.165. The van der Waals surface area contributed by atoms with E-state index in [0.717, 1.165) is 24.3 Å². The van der Waals surface area contributed by atoms with Gasteiger partial charge in [-0.05, 0) is 36.5 Å². The highest BCUT2D eigenvalue weighted by Crippen LogP contribution is 2.22. The van der Waals surface area contributed by atoms with Crippen LogP contribution in [0.15, 0.2) is 24.3 Å². The first kappa shape index (κ1) is 18.0. The molecule has 0 radical (unpaired) electrons. The van der Waals surface area contributed by atoms with Gasteiger partial charge in [0.1, 0.15) is 0 Å². The average molecular weight is 311 g/mol. The Balaban J connectivity index is 2.87. The number of halogens is 1. The molecular weight excluding hydrogens is 284 g/mol. The van der Waals surface area contributed by atoms with Gasteiger partial charge >= 0.3 is 0 Å². The average Bonchev–Trinajstić information content (AvgIpc) is 2.45. The summed E-state index contributed by atoms with van der Waals surface area (Å²) in [6, 6.07) is 7.88. The summed E-state index contributed by atoms with van der Waals surface area (Å²) in [7, 11) is 1.69. The van der Waals surface area contributed by atoms with Crippen LogP contribution in [0.25, 0.3) is 0 Å². The number of nitrogens with one attached hydrogen (secondary N) is 2. The van der Waals surface area contributed by atoms with Crippen LogP contribution in [0.2, 0.25) is 5.02 Å². The normalized spacial score (nSPS) is 14.0. The van der Waals surface area contributed by atoms with Crippen molar-refractivity contribution in [2.75, 3.05) is 7.05 Å². The van der Waals surface area contributed by atoms with E-state index in [4.69, 9.17) is 11.6 Å². The molecule has 118 valence electrons. The largest absolute Gasteiger partial charge is 0.358 e. The summed E-state index contributed by atoms with van der Waals surface area (Å²) < 4.78 is 0. The molecule has 0 bridgehead atoms. The molecule has 0 saturated heterocycles. The van der Waals surface area contributed by atoms with Gasteiger partial charge in [-0.2, -0.15) is 0 Å². The second kappa shape index (κ2) is 9.06. The Morgan fingerprint density at radius 3 is 2.33 bits per heavy atom. The lowest BCUT2D eigenvalue weighted by molar-refractivity contribution is -0.123. The van der Waals surface area contributed by atoms with Crippen molar-refractivity contribution in [3.63, 3.8) is 0 Å². The number of hydrogen-bond acceptors (Lipinski definition) is 2. The van der Waals surface area contributed by atoms with E-state index in [9.17, 15) is 4.79 Å². The maximum absolute atomic E-state index is 12.1. The number of amides is 1. The van der Waals surface area contributed by atoms with Crippen LogP contribution in [0.1, 0.15) is 51.6 Å². The number of carbonyl (C=O) groups is 1. The van der Waals surface area contributed by atoms with E-state index in [1.165, 1.54) is 5.56 Å². The maximum atomic E-state index is 12.1. The van der Waals surface area contributed by atoms with Gasteiger partial charge in [-0.1, -0.05) is 50.9 Å². The predicted octanol–water partition coefficient (Wildman–Crippen LogP) is 3.93. The Bertz CT molecular complexity index is 431. The van der Waals surface area contributed by atoms with Crippen LogP contribution in [-0.2, 0) is 4.79 Å². The zero-order valence-electron chi connectivity index (χ0n) is 13.4. The van der Waals surface area contributed by atoms with Crippen LogP contribution in [0.4, 0.5) is 0 Å². The molecule has 1 amide bonds. The first-order valence-electron chi connectivity index (χ1n) is 7.71. The number of hydrogen-bond donors (Lipinski definition) is 2. The quantitative estimate of drug-likeness (QED) is 0.764. The van der Waals surface area contributed by atoms with Crippen molar-refractivity contribution < 1.29 is 4.79 Å².